The van der Waals surface area contributed by atoms with Crippen molar-refractivity contribution in [1.29, 1.82) is 0 Å². The number of alkyl halides is 1. The minimum absolute atomic E-state index is 0.214. The van der Waals surface area contributed by atoms with Crippen LogP contribution in [0, 0.1) is 5.82 Å². The molecule has 0 radical (unpaired) electrons. The zero-order chi connectivity index (χ0) is 32.3. The molecule has 0 aliphatic carbocycles. The molecule has 244 valence electrons. The van der Waals surface area contributed by atoms with Crippen LogP contribution in [-0.4, -0.2) is 86.2 Å². The van der Waals surface area contributed by atoms with Crippen LogP contribution >= 0.6 is 0 Å². The van der Waals surface area contributed by atoms with E-state index >= 15 is 0 Å². The van der Waals surface area contributed by atoms with Crippen molar-refractivity contribution in [1.82, 2.24) is 39.6 Å². The molecule has 0 bridgehead atoms. The van der Waals surface area contributed by atoms with E-state index in [0.717, 1.165) is 55.8 Å². The van der Waals surface area contributed by atoms with E-state index in [1.807, 2.05) is 23.9 Å². The molecule has 2 saturated heterocycles. The number of carbonyl (C=O) groups excluding carboxylic acids is 1. The number of morpholine rings is 1. The molecule has 2 N–H and O–H groups in total. The molecule has 7 rings (SSSR count). The Morgan fingerprint density at radius 2 is 1.94 bits per heavy atom. The summed E-state index contributed by atoms with van der Waals surface area (Å²) in [7, 11) is 1.94. The highest BCUT2D eigenvalue weighted by Crippen LogP contribution is 2.40. The molecule has 47 heavy (non-hydrogen) atoms. The summed E-state index contributed by atoms with van der Waals surface area (Å²) in [6.07, 6.45) is 7.03. The normalized spacial score (nSPS) is 17.7. The van der Waals surface area contributed by atoms with Gasteiger partial charge in [0.05, 0.1) is 42.5 Å². The number of amides is 1. The van der Waals surface area contributed by atoms with Gasteiger partial charge in [0, 0.05) is 61.7 Å². The van der Waals surface area contributed by atoms with Crippen LogP contribution in [0.25, 0.3) is 28.2 Å². The van der Waals surface area contributed by atoms with E-state index in [1.165, 1.54) is 12.1 Å². The summed E-state index contributed by atoms with van der Waals surface area (Å²) in [6.45, 7) is 4.12. The van der Waals surface area contributed by atoms with Crippen molar-refractivity contribution in [3.05, 3.63) is 83.7 Å². The third-order valence-electron chi connectivity index (χ3n) is 8.98. The van der Waals surface area contributed by atoms with Crippen LogP contribution in [0.2, 0.25) is 0 Å². The average molecular weight is 642 g/mol. The molecule has 0 spiro atoms. The van der Waals surface area contributed by atoms with Crippen molar-refractivity contribution in [3.8, 4) is 22.5 Å². The number of fused-ring (bicyclic) bond motifs is 1. The molecule has 2 aliphatic rings. The number of aromatic nitrogens is 6. The molecule has 1 atom stereocenters. The van der Waals surface area contributed by atoms with Crippen LogP contribution in [0.15, 0.2) is 61.1 Å². The fourth-order valence-corrected chi connectivity index (χ4v) is 6.68. The average Bonchev–Trinajstić information content (AvgIpc) is 3.67. The lowest BCUT2D eigenvalue weighted by molar-refractivity contribution is 0.0269. The van der Waals surface area contributed by atoms with Gasteiger partial charge in [0.15, 0.2) is 11.5 Å². The maximum atomic E-state index is 13.9. The highest BCUT2D eigenvalue weighted by molar-refractivity contribution is 6.05. The molecular formula is C34H37F2N9O2. The first-order valence-electron chi connectivity index (χ1n) is 16.0. The monoisotopic (exact) mass is 641 g/mol. The van der Waals surface area contributed by atoms with Crippen LogP contribution in [-0.2, 0) is 11.8 Å². The largest absolute Gasteiger partial charge is 0.371 e. The Morgan fingerprint density at radius 3 is 2.70 bits per heavy atom. The molecule has 2 aliphatic heterocycles. The Bertz CT molecular complexity index is 1860. The first kappa shape index (κ1) is 31.0. The number of likely N-dealkylation sites (tertiary alicyclic amines) is 1. The first-order valence-corrected chi connectivity index (χ1v) is 16.0. The number of imidazole rings is 1. The second kappa shape index (κ2) is 13.6. The Morgan fingerprint density at radius 1 is 1.11 bits per heavy atom. The Hall–Kier alpha value is -4.59. The predicted molar refractivity (Wildman–Crippen MR) is 173 cm³/mol. The van der Waals surface area contributed by atoms with Crippen molar-refractivity contribution in [2.45, 2.75) is 31.3 Å². The highest BCUT2D eigenvalue weighted by Gasteiger charge is 2.30. The number of aryl methyl sites for hydroxylation is 1. The van der Waals surface area contributed by atoms with E-state index in [-0.39, 0.29) is 30.4 Å². The number of nitrogens with zero attached hydrogens (tertiary/aromatic N) is 7. The van der Waals surface area contributed by atoms with Gasteiger partial charge >= 0.3 is 0 Å². The molecule has 2 fully saturated rings. The van der Waals surface area contributed by atoms with Gasteiger partial charge in [-0.2, -0.15) is 10.2 Å². The van der Waals surface area contributed by atoms with E-state index in [2.05, 4.69) is 25.5 Å². The van der Waals surface area contributed by atoms with Crippen molar-refractivity contribution in [2.75, 3.05) is 51.3 Å². The third-order valence-corrected chi connectivity index (χ3v) is 8.98. The maximum absolute atomic E-state index is 13.9. The zero-order valence-electron chi connectivity index (χ0n) is 26.2. The molecule has 4 aromatic heterocycles. The Balaban J connectivity index is 1.21. The van der Waals surface area contributed by atoms with Crippen LogP contribution in [0.3, 0.4) is 0 Å². The van der Waals surface area contributed by atoms with E-state index in [9.17, 15) is 13.6 Å². The van der Waals surface area contributed by atoms with Gasteiger partial charge in [0.1, 0.15) is 11.5 Å². The number of piperidine rings is 1. The van der Waals surface area contributed by atoms with Gasteiger partial charge in [-0.15, -0.1) is 0 Å². The highest BCUT2D eigenvalue weighted by atomic mass is 19.1. The number of nitrogens with one attached hydrogen (secondary N) is 2. The summed E-state index contributed by atoms with van der Waals surface area (Å²) >= 11 is 0. The minimum Gasteiger partial charge on any atom is -0.371 e. The molecule has 1 unspecified atom stereocenters. The number of anilines is 1. The fraction of sp³-hybridized carbons (Fsp3) is 0.382. The van der Waals surface area contributed by atoms with Crippen molar-refractivity contribution >= 4 is 17.4 Å². The summed E-state index contributed by atoms with van der Waals surface area (Å²) < 4.78 is 36.2. The van der Waals surface area contributed by atoms with E-state index < -0.39 is 0 Å². The number of carbonyl (C=O) groups is 1. The van der Waals surface area contributed by atoms with E-state index in [4.69, 9.17) is 14.9 Å². The summed E-state index contributed by atoms with van der Waals surface area (Å²) in [6, 6.07) is 11.8. The van der Waals surface area contributed by atoms with Crippen molar-refractivity contribution in [2.24, 2.45) is 7.05 Å². The van der Waals surface area contributed by atoms with Gasteiger partial charge < -0.3 is 20.3 Å². The minimum atomic E-state index is -0.318. The number of ether oxygens (including phenoxy) is 1. The van der Waals surface area contributed by atoms with Crippen molar-refractivity contribution < 1.29 is 18.3 Å². The molecule has 1 aromatic carbocycles. The van der Waals surface area contributed by atoms with Gasteiger partial charge in [-0.05, 0) is 74.8 Å². The smallest absolute Gasteiger partial charge is 0.257 e. The SMILES string of the molecule is Cn1nc(-c2ccc(F)cc2)c(-c2ccc3nc(NC(=O)c4ccncc4C4CNCCO4)cn3n2)c1C1CCN(CCCF)CC1. The number of pyridine rings is 1. The van der Waals surface area contributed by atoms with Crippen LogP contribution in [0.4, 0.5) is 14.6 Å². The standard InChI is InChI=1S/C34H37F2N9O2/c1-43-33(23-10-16-44(17-11-23)15-2-12-35)31(32(42-43)22-3-5-24(36)6-4-22)27-7-8-30-39-29(21-45(30)41-27)40-34(46)25-9-13-37-19-26(25)28-20-38-14-18-47-28/h3-9,13,19,21,23,28,38H,2,10-12,14-18,20H2,1H3,(H,40,46). The second-order valence-corrected chi connectivity index (χ2v) is 12.0. The first-order chi connectivity index (χ1) is 23.0. The van der Waals surface area contributed by atoms with E-state index in [1.54, 1.807) is 41.3 Å². The van der Waals surface area contributed by atoms with Gasteiger partial charge in [-0.3, -0.25) is 18.9 Å². The number of halogens is 2. The molecule has 13 heteroatoms. The summed E-state index contributed by atoms with van der Waals surface area (Å²) in [5.41, 5.74) is 5.87. The molecule has 1 amide bonds. The number of hydrogen-bond acceptors (Lipinski definition) is 8. The van der Waals surface area contributed by atoms with Crippen LogP contribution in [0.5, 0.6) is 0 Å². The summed E-state index contributed by atoms with van der Waals surface area (Å²) in [4.78, 5) is 24.6. The van der Waals surface area contributed by atoms with Gasteiger partial charge in [0.2, 0.25) is 0 Å². The number of rotatable bonds is 9. The summed E-state index contributed by atoms with van der Waals surface area (Å²) in [5, 5.41) is 16.1. The Kier molecular flexibility index (Phi) is 9.01. The zero-order valence-corrected chi connectivity index (χ0v) is 26.2. The predicted octanol–water partition coefficient (Wildman–Crippen LogP) is 4.78. The van der Waals surface area contributed by atoms with Gasteiger partial charge in [-0.1, -0.05) is 0 Å². The van der Waals surface area contributed by atoms with Crippen LogP contribution in [0.1, 0.15) is 52.9 Å². The van der Waals surface area contributed by atoms with Gasteiger partial charge in [0.25, 0.3) is 5.91 Å². The fourth-order valence-electron chi connectivity index (χ4n) is 6.68. The molecular weight excluding hydrogens is 604 g/mol. The second-order valence-electron chi connectivity index (χ2n) is 12.0. The maximum Gasteiger partial charge on any atom is 0.257 e. The van der Waals surface area contributed by atoms with Gasteiger partial charge in [-0.25, -0.2) is 13.9 Å². The lowest BCUT2D eigenvalue weighted by Gasteiger charge is -2.32. The van der Waals surface area contributed by atoms with Crippen LogP contribution < -0.4 is 10.6 Å². The Labute approximate surface area is 271 Å². The quantitative estimate of drug-likeness (QED) is 0.236. The lowest BCUT2D eigenvalue weighted by atomic mass is 9.88. The summed E-state index contributed by atoms with van der Waals surface area (Å²) in [5.74, 6) is -0.0602. The molecule has 0 saturated carbocycles. The number of hydrogen-bond donors (Lipinski definition) is 2. The molecule has 6 heterocycles. The molecule has 5 aromatic rings. The topological polar surface area (TPSA) is 114 Å². The van der Waals surface area contributed by atoms with Crippen molar-refractivity contribution in [3.63, 3.8) is 0 Å². The van der Waals surface area contributed by atoms with E-state index in [0.29, 0.717) is 53.6 Å². The third kappa shape index (κ3) is 6.51. The number of benzene rings is 1. The molecule has 11 nitrogen and oxygen atoms in total. The lowest BCUT2D eigenvalue weighted by Crippen LogP contribution is -2.34.